The number of carboxylic acids is 1. The van der Waals surface area contributed by atoms with Gasteiger partial charge in [-0.1, -0.05) is 24.3 Å². The van der Waals surface area contributed by atoms with Crippen LogP contribution in [0.1, 0.15) is 17.0 Å². The summed E-state index contributed by atoms with van der Waals surface area (Å²) in [5, 5.41) is 14.7. The van der Waals surface area contributed by atoms with Crippen molar-refractivity contribution in [1.29, 1.82) is 0 Å². The molecular weight excluding hydrogens is 260 g/mol. The van der Waals surface area contributed by atoms with E-state index in [1.165, 1.54) is 7.11 Å². The maximum absolute atomic E-state index is 12.3. The van der Waals surface area contributed by atoms with Gasteiger partial charge >= 0.3 is 5.97 Å². The topological polar surface area (TPSA) is 87.7 Å². The number of carbonyl (C=O) groups excluding carboxylic acids is 1. The standard InChI is InChI=1S/C14H18N2O4/c1-20-8-12(14(18)19)16-13(17)11-7-15-6-9-4-2-3-5-10(9)11/h2-5,11-12,15H,6-8H2,1H3,(H,16,17)(H,18,19). The van der Waals surface area contributed by atoms with Crippen LogP contribution in [0.3, 0.4) is 0 Å². The number of hydrogen-bond donors (Lipinski definition) is 3. The fourth-order valence-electron chi connectivity index (χ4n) is 2.34. The normalized spacial score (nSPS) is 18.9. The molecule has 2 atom stereocenters. The first-order chi connectivity index (χ1) is 9.63. The average molecular weight is 278 g/mol. The van der Waals surface area contributed by atoms with Crippen molar-refractivity contribution >= 4 is 11.9 Å². The Morgan fingerprint density at radius 2 is 2.25 bits per heavy atom. The number of aliphatic carboxylic acids is 1. The largest absolute Gasteiger partial charge is 0.480 e. The Hall–Kier alpha value is -1.92. The Labute approximate surface area is 117 Å². The van der Waals surface area contributed by atoms with E-state index in [1.54, 1.807) is 0 Å². The Balaban J connectivity index is 2.12. The highest BCUT2D eigenvalue weighted by Gasteiger charge is 2.29. The molecule has 20 heavy (non-hydrogen) atoms. The molecule has 3 N–H and O–H groups in total. The second-order valence-corrected chi connectivity index (χ2v) is 4.74. The van der Waals surface area contributed by atoms with Crippen LogP contribution in [0, 0.1) is 0 Å². The number of methoxy groups -OCH3 is 1. The molecule has 1 aromatic carbocycles. The minimum Gasteiger partial charge on any atom is -0.480 e. The fraction of sp³-hybridized carbons (Fsp3) is 0.429. The summed E-state index contributed by atoms with van der Waals surface area (Å²) in [6, 6.07) is 6.65. The van der Waals surface area contributed by atoms with Crippen LogP contribution in [0.2, 0.25) is 0 Å². The third kappa shape index (κ3) is 3.15. The van der Waals surface area contributed by atoms with E-state index in [1.807, 2.05) is 24.3 Å². The third-order valence-electron chi connectivity index (χ3n) is 3.36. The molecule has 6 nitrogen and oxygen atoms in total. The van der Waals surface area contributed by atoms with Gasteiger partial charge in [-0.25, -0.2) is 4.79 Å². The van der Waals surface area contributed by atoms with Gasteiger partial charge in [0.25, 0.3) is 0 Å². The minimum atomic E-state index is -1.10. The lowest BCUT2D eigenvalue weighted by atomic mass is 9.90. The summed E-state index contributed by atoms with van der Waals surface area (Å²) >= 11 is 0. The Morgan fingerprint density at radius 3 is 2.95 bits per heavy atom. The van der Waals surface area contributed by atoms with E-state index in [2.05, 4.69) is 10.6 Å². The second-order valence-electron chi connectivity index (χ2n) is 4.74. The van der Waals surface area contributed by atoms with Crippen LogP contribution in [-0.2, 0) is 20.9 Å². The SMILES string of the molecule is COCC(NC(=O)C1CNCc2ccccc21)C(=O)O. The van der Waals surface area contributed by atoms with Crippen molar-refractivity contribution in [3.8, 4) is 0 Å². The molecule has 1 amide bonds. The smallest absolute Gasteiger partial charge is 0.328 e. The van der Waals surface area contributed by atoms with E-state index >= 15 is 0 Å². The van der Waals surface area contributed by atoms with Crippen molar-refractivity contribution in [1.82, 2.24) is 10.6 Å². The Bertz CT molecular complexity index is 504. The lowest BCUT2D eigenvalue weighted by molar-refractivity contribution is -0.143. The molecule has 1 aliphatic rings. The highest BCUT2D eigenvalue weighted by atomic mass is 16.5. The van der Waals surface area contributed by atoms with Gasteiger partial charge in [-0.05, 0) is 11.1 Å². The molecule has 1 heterocycles. The monoisotopic (exact) mass is 278 g/mol. The maximum atomic E-state index is 12.3. The second kappa shape index (κ2) is 6.49. The first-order valence-electron chi connectivity index (χ1n) is 6.44. The van der Waals surface area contributed by atoms with Gasteiger partial charge in [0, 0.05) is 20.2 Å². The third-order valence-corrected chi connectivity index (χ3v) is 3.36. The van der Waals surface area contributed by atoms with Crippen LogP contribution in [0.25, 0.3) is 0 Å². The first-order valence-corrected chi connectivity index (χ1v) is 6.44. The van der Waals surface area contributed by atoms with Crippen molar-refractivity contribution < 1.29 is 19.4 Å². The molecule has 0 saturated carbocycles. The predicted molar refractivity (Wildman–Crippen MR) is 72.3 cm³/mol. The summed E-state index contributed by atoms with van der Waals surface area (Å²) in [5.41, 5.74) is 2.02. The molecule has 0 fully saturated rings. The van der Waals surface area contributed by atoms with Crippen molar-refractivity contribution in [2.45, 2.75) is 18.5 Å². The van der Waals surface area contributed by atoms with E-state index in [0.29, 0.717) is 6.54 Å². The van der Waals surface area contributed by atoms with Crippen LogP contribution in [-0.4, -0.2) is 43.3 Å². The molecule has 1 aromatic rings. The van der Waals surface area contributed by atoms with Crippen LogP contribution in [0.5, 0.6) is 0 Å². The van der Waals surface area contributed by atoms with Crippen molar-refractivity contribution in [2.24, 2.45) is 0 Å². The molecule has 108 valence electrons. The number of carboxylic acid groups (broad SMARTS) is 1. The predicted octanol–water partition coefficient (Wildman–Crippen LogP) is 0.0892. The zero-order chi connectivity index (χ0) is 14.5. The van der Waals surface area contributed by atoms with Gasteiger partial charge in [-0.2, -0.15) is 0 Å². The molecular formula is C14H18N2O4. The van der Waals surface area contributed by atoms with E-state index in [9.17, 15) is 9.59 Å². The quantitative estimate of drug-likeness (QED) is 0.710. The Kier molecular flexibility index (Phi) is 4.70. The number of nitrogens with one attached hydrogen (secondary N) is 2. The molecule has 0 aliphatic carbocycles. The molecule has 2 unspecified atom stereocenters. The average Bonchev–Trinajstić information content (AvgIpc) is 2.46. The summed E-state index contributed by atoms with van der Waals surface area (Å²) in [7, 11) is 1.40. The number of fused-ring (bicyclic) bond motifs is 1. The molecule has 2 rings (SSSR count). The zero-order valence-corrected chi connectivity index (χ0v) is 11.3. The van der Waals surface area contributed by atoms with Crippen molar-refractivity contribution in [3.63, 3.8) is 0 Å². The maximum Gasteiger partial charge on any atom is 0.328 e. The molecule has 1 aliphatic heterocycles. The number of benzene rings is 1. The number of ether oxygens (including phenoxy) is 1. The Morgan fingerprint density at radius 1 is 1.50 bits per heavy atom. The van der Waals surface area contributed by atoms with Crippen LogP contribution >= 0.6 is 0 Å². The lowest BCUT2D eigenvalue weighted by Crippen LogP contribution is -2.48. The zero-order valence-electron chi connectivity index (χ0n) is 11.3. The summed E-state index contributed by atoms with van der Waals surface area (Å²) in [6.45, 7) is 1.17. The van der Waals surface area contributed by atoms with Gasteiger partial charge in [0.05, 0.1) is 12.5 Å². The van der Waals surface area contributed by atoms with Gasteiger partial charge in [0.2, 0.25) is 5.91 Å². The molecule has 0 saturated heterocycles. The van der Waals surface area contributed by atoms with E-state index < -0.39 is 12.0 Å². The van der Waals surface area contributed by atoms with Gasteiger partial charge < -0.3 is 20.5 Å². The van der Waals surface area contributed by atoms with Gasteiger partial charge in [-0.15, -0.1) is 0 Å². The van der Waals surface area contributed by atoms with E-state index in [0.717, 1.165) is 17.7 Å². The highest BCUT2D eigenvalue weighted by Crippen LogP contribution is 2.23. The van der Waals surface area contributed by atoms with Gasteiger partial charge in [0.15, 0.2) is 6.04 Å². The van der Waals surface area contributed by atoms with E-state index in [4.69, 9.17) is 9.84 Å². The van der Waals surface area contributed by atoms with Crippen LogP contribution in [0.15, 0.2) is 24.3 Å². The van der Waals surface area contributed by atoms with Gasteiger partial charge in [0.1, 0.15) is 0 Å². The summed E-state index contributed by atoms with van der Waals surface area (Å²) in [5.74, 6) is -1.77. The minimum absolute atomic E-state index is 0.0527. The van der Waals surface area contributed by atoms with Crippen LogP contribution < -0.4 is 10.6 Å². The molecule has 0 bridgehead atoms. The summed E-state index contributed by atoms with van der Waals surface area (Å²) < 4.78 is 4.81. The number of carbonyl (C=O) groups is 2. The van der Waals surface area contributed by atoms with Gasteiger partial charge in [-0.3, -0.25) is 4.79 Å². The van der Waals surface area contributed by atoms with E-state index in [-0.39, 0.29) is 18.4 Å². The van der Waals surface area contributed by atoms with Crippen molar-refractivity contribution in [3.05, 3.63) is 35.4 Å². The highest BCUT2D eigenvalue weighted by molar-refractivity contribution is 5.88. The number of rotatable bonds is 5. The molecule has 0 spiro atoms. The summed E-state index contributed by atoms with van der Waals surface area (Å²) in [4.78, 5) is 23.3. The first kappa shape index (κ1) is 14.5. The fourth-order valence-corrected chi connectivity index (χ4v) is 2.34. The summed E-state index contributed by atoms with van der Waals surface area (Å²) in [6.07, 6.45) is 0. The lowest BCUT2D eigenvalue weighted by Gasteiger charge is -2.26. The molecule has 0 radical (unpaired) electrons. The van der Waals surface area contributed by atoms with Crippen molar-refractivity contribution in [2.75, 3.05) is 20.3 Å². The van der Waals surface area contributed by atoms with Crippen LogP contribution in [0.4, 0.5) is 0 Å². The molecule has 6 heteroatoms. The number of amides is 1. The number of hydrogen-bond acceptors (Lipinski definition) is 4. The molecule has 0 aromatic heterocycles.